The van der Waals surface area contributed by atoms with Gasteiger partial charge in [-0.3, -0.25) is 4.79 Å². The maximum atomic E-state index is 10.9. The maximum Gasteiger partial charge on any atom is 0.222 e. The SMILES string of the molecule is CN(C)CCOCCC(=O)NCC=O. The first-order chi connectivity index (χ1) is 6.66. The molecule has 0 aromatic rings. The van der Waals surface area contributed by atoms with E-state index in [9.17, 15) is 9.59 Å². The summed E-state index contributed by atoms with van der Waals surface area (Å²) in [4.78, 5) is 22.9. The number of rotatable bonds is 8. The topological polar surface area (TPSA) is 58.6 Å². The van der Waals surface area contributed by atoms with Gasteiger partial charge in [-0.2, -0.15) is 0 Å². The fraction of sp³-hybridized carbons (Fsp3) is 0.778. The minimum atomic E-state index is -0.151. The number of aldehydes is 1. The number of amides is 1. The van der Waals surface area contributed by atoms with E-state index in [0.717, 1.165) is 6.54 Å². The van der Waals surface area contributed by atoms with E-state index in [2.05, 4.69) is 5.32 Å². The molecule has 0 unspecified atom stereocenters. The van der Waals surface area contributed by atoms with Gasteiger partial charge in [0.1, 0.15) is 6.29 Å². The molecule has 0 heterocycles. The Labute approximate surface area is 84.4 Å². The van der Waals surface area contributed by atoms with E-state index in [-0.39, 0.29) is 12.5 Å². The molecule has 1 amide bonds. The van der Waals surface area contributed by atoms with Crippen LogP contribution >= 0.6 is 0 Å². The number of nitrogens with zero attached hydrogens (tertiary/aromatic N) is 1. The average molecular weight is 202 g/mol. The molecule has 0 aromatic carbocycles. The summed E-state index contributed by atoms with van der Waals surface area (Å²) < 4.78 is 5.20. The number of hydrogen-bond donors (Lipinski definition) is 1. The molecule has 0 aliphatic carbocycles. The molecule has 14 heavy (non-hydrogen) atoms. The summed E-state index contributed by atoms with van der Waals surface area (Å²) >= 11 is 0. The summed E-state index contributed by atoms with van der Waals surface area (Å²) in [7, 11) is 3.92. The number of likely N-dealkylation sites (N-methyl/N-ethyl adjacent to an activating group) is 1. The number of ether oxygens (including phenoxy) is 1. The Hall–Kier alpha value is -0.940. The summed E-state index contributed by atoms with van der Waals surface area (Å²) in [6, 6.07) is 0. The highest BCUT2D eigenvalue weighted by molar-refractivity contribution is 5.78. The normalized spacial score (nSPS) is 10.2. The van der Waals surface area contributed by atoms with Gasteiger partial charge >= 0.3 is 0 Å². The van der Waals surface area contributed by atoms with Crippen molar-refractivity contribution in [3.05, 3.63) is 0 Å². The van der Waals surface area contributed by atoms with Crippen LogP contribution in [-0.2, 0) is 14.3 Å². The molecular weight excluding hydrogens is 184 g/mol. The first-order valence-corrected chi connectivity index (χ1v) is 4.59. The number of hydrogen-bond acceptors (Lipinski definition) is 4. The van der Waals surface area contributed by atoms with Crippen LogP contribution in [0.1, 0.15) is 6.42 Å². The van der Waals surface area contributed by atoms with Gasteiger partial charge < -0.3 is 19.7 Å². The first-order valence-electron chi connectivity index (χ1n) is 4.59. The summed E-state index contributed by atoms with van der Waals surface area (Å²) in [6.45, 7) is 1.94. The van der Waals surface area contributed by atoms with Crippen molar-refractivity contribution >= 4 is 12.2 Å². The van der Waals surface area contributed by atoms with Crippen molar-refractivity contribution in [1.29, 1.82) is 0 Å². The van der Waals surface area contributed by atoms with Crippen molar-refractivity contribution in [3.8, 4) is 0 Å². The highest BCUT2D eigenvalue weighted by Gasteiger charge is 1.99. The molecule has 0 aliphatic rings. The van der Waals surface area contributed by atoms with Crippen LogP contribution in [-0.4, -0.2) is 57.5 Å². The van der Waals surface area contributed by atoms with Gasteiger partial charge in [-0.1, -0.05) is 0 Å². The van der Waals surface area contributed by atoms with E-state index in [1.165, 1.54) is 0 Å². The van der Waals surface area contributed by atoms with Gasteiger partial charge in [-0.25, -0.2) is 0 Å². The van der Waals surface area contributed by atoms with Gasteiger partial charge in [0.05, 0.1) is 19.8 Å². The van der Waals surface area contributed by atoms with E-state index < -0.39 is 0 Å². The molecule has 0 aliphatic heterocycles. The lowest BCUT2D eigenvalue weighted by atomic mass is 10.4. The van der Waals surface area contributed by atoms with E-state index in [1.807, 2.05) is 19.0 Å². The molecule has 5 nitrogen and oxygen atoms in total. The van der Waals surface area contributed by atoms with E-state index in [4.69, 9.17) is 4.74 Å². The zero-order valence-electron chi connectivity index (χ0n) is 8.78. The zero-order valence-corrected chi connectivity index (χ0v) is 8.78. The summed E-state index contributed by atoms with van der Waals surface area (Å²) in [5.74, 6) is -0.151. The Kier molecular flexibility index (Phi) is 8.07. The third kappa shape index (κ3) is 9.15. The Morgan fingerprint density at radius 1 is 1.43 bits per heavy atom. The third-order valence-electron chi connectivity index (χ3n) is 1.54. The highest BCUT2D eigenvalue weighted by Crippen LogP contribution is 1.84. The number of carbonyl (C=O) groups is 2. The standard InChI is InChI=1S/C9H18N2O3/c1-11(2)5-8-14-7-3-9(13)10-4-6-12/h6H,3-5,7-8H2,1-2H3,(H,10,13). The van der Waals surface area contributed by atoms with Crippen LogP contribution in [0, 0.1) is 0 Å². The Morgan fingerprint density at radius 3 is 2.71 bits per heavy atom. The van der Waals surface area contributed by atoms with Crippen LogP contribution in [0.4, 0.5) is 0 Å². The fourth-order valence-electron chi connectivity index (χ4n) is 0.758. The second-order valence-electron chi connectivity index (χ2n) is 3.14. The Morgan fingerprint density at radius 2 is 2.14 bits per heavy atom. The molecule has 0 saturated heterocycles. The maximum absolute atomic E-state index is 10.9. The van der Waals surface area contributed by atoms with Gasteiger partial charge in [0.25, 0.3) is 0 Å². The van der Waals surface area contributed by atoms with Gasteiger partial charge in [0.15, 0.2) is 0 Å². The van der Waals surface area contributed by atoms with Crippen molar-refractivity contribution in [2.24, 2.45) is 0 Å². The van der Waals surface area contributed by atoms with Crippen molar-refractivity contribution in [2.45, 2.75) is 6.42 Å². The van der Waals surface area contributed by atoms with Crippen LogP contribution in [0.3, 0.4) is 0 Å². The largest absolute Gasteiger partial charge is 0.380 e. The monoisotopic (exact) mass is 202 g/mol. The first kappa shape index (κ1) is 13.1. The van der Waals surface area contributed by atoms with Crippen molar-refractivity contribution in [1.82, 2.24) is 10.2 Å². The second-order valence-corrected chi connectivity index (χ2v) is 3.14. The number of nitrogens with one attached hydrogen (secondary N) is 1. The molecule has 0 atom stereocenters. The molecule has 0 aromatic heterocycles. The van der Waals surface area contributed by atoms with E-state index in [0.29, 0.717) is 25.9 Å². The van der Waals surface area contributed by atoms with Crippen molar-refractivity contribution in [2.75, 3.05) is 40.4 Å². The Bertz CT molecular complexity index is 171. The third-order valence-corrected chi connectivity index (χ3v) is 1.54. The molecule has 82 valence electrons. The van der Waals surface area contributed by atoms with Crippen LogP contribution in [0.25, 0.3) is 0 Å². The van der Waals surface area contributed by atoms with Gasteiger partial charge in [-0.05, 0) is 14.1 Å². The minimum absolute atomic E-state index is 0.0799. The van der Waals surface area contributed by atoms with Crippen molar-refractivity contribution in [3.63, 3.8) is 0 Å². The van der Waals surface area contributed by atoms with Gasteiger partial charge in [-0.15, -0.1) is 0 Å². The molecule has 0 bridgehead atoms. The predicted octanol–water partition coefficient (Wildman–Crippen LogP) is -0.730. The lowest BCUT2D eigenvalue weighted by molar-refractivity contribution is -0.123. The summed E-state index contributed by atoms with van der Waals surface area (Å²) in [6.07, 6.45) is 0.964. The predicted molar refractivity (Wildman–Crippen MR) is 53.1 cm³/mol. The van der Waals surface area contributed by atoms with E-state index in [1.54, 1.807) is 0 Å². The molecule has 0 rings (SSSR count). The summed E-state index contributed by atoms with van der Waals surface area (Å²) in [5.41, 5.74) is 0. The molecule has 5 heteroatoms. The quantitative estimate of drug-likeness (QED) is 0.416. The Balaban J connectivity index is 3.18. The second kappa shape index (κ2) is 8.65. The molecule has 0 radical (unpaired) electrons. The molecular formula is C9H18N2O3. The molecule has 0 spiro atoms. The lowest BCUT2D eigenvalue weighted by Crippen LogP contribution is -2.26. The smallest absolute Gasteiger partial charge is 0.222 e. The van der Waals surface area contributed by atoms with Crippen LogP contribution in [0.2, 0.25) is 0 Å². The van der Waals surface area contributed by atoms with Crippen LogP contribution < -0.4 is 5.32 Å². The van der Waals surface area contributed by atoms with Crippen LogP contribution in [0.15, 0.2) is 0 Å². The zero-order chi connectivity index (χ0) is 10.8. The minimum Gasteiger partial charge on any atom is -0.380 e. The lowest BCUT2D eigenvalue weighted by Gasteiger charge is -2.09. The van der Waals surface area contributed by atoms with Crippen LogP contribution in [0.5, 0.6) is 0 Å². The molecule has 1 N–H and O–H groups in total. The van der Waals surface area contributed by atoms with Crippen molar-refractivity contribution < 1.29 is 14.3 Å². The molecule has 0 saturated carbocycles. The van der Waals surface area contributed by atoms with Gasteiger partial charge in [0, 0.05) is 13.0 Å². The molecule has 0 fully saturated rings. The average Bonchev–Trinajstić information content (AvgIpc) is 2.13. The highest BCUT2D eigenvalue weighted by atomic mass is 16.5. The number of carbonyl (C=O) groups excluding carboxylic acids is 2. The fourth-order valence-corrected chi connectivity index (χ4v) is 0.758. The summed E-state index contributed by atoms with van der Waals surface area (Å²) in [5, 5.41) is 2.43. The van der Waals surface area contributed by atoms with Gasteiger partial charge in [0.2, 0.25) is 5.91 Å². The van der Waals surface area contributed by atoms with E-state index >= 15 is 0 Å².